The summed E-state index contributed by atoms with van der Waals surface area (Å²) in [5, 5.41) is 12.9. The zero-order chi connectivity index (χ0) is 16.8. The normalized spacial score (nSPS) is 24.2. The number of anilines is 1. The van der Waals surface area contributed by atoms with Crippen molar-refractivity contribution in [3.8, 4) is 0 Å². The highest BCUT2D eigenvalue weighted by atomic mass is 19.1. The summed E-state index contributed by atoms with van der Waals surface area (Å²) in [6.45, 7) is 1.84. The minimum atomic E-state index is -0.917. The van der Waals surface area contributed by atoms with Crippen molar-refractivity contribution < 1.29 is 14.3 Å². The summed E-state index contributed by atoms with van der Waals surface area (Å²) in [7, 11) is 0. The monoisotopic (exact) mass is 323 g/mol. The molecular formula is C20H18FNO2. The molecule has 0 aromatic heterocycles. The smallest absolute Gasteiger partial charge is 0.336 e. The zero-order valence-corrected chi connectivity index (χ0v) is 13.3. The molecule has 24 heavy (non-hydrogen) atoms. The third kappa shape index (κ3) is 2.21. The van der Waals surface area contributed by atoms with Gasteiger partial charge in [-0.15, -0.1) is 0 Å². The second kappa shape index (κ2) is 5.48. The Hall–Kier alpha value is -2.62. The largest absolute Gasteiger partial charge is 0.478 e. The highest BCUT2D eigenvalue weighted by Gasteiger charge is 2.38. The van der Waals surface area contributed by atoms with E-state index in [4.69, 9.17) is 0 Å². The van der Waals surface area contributed by atoms with Crippen molar-refractivity contribution in [2.45, 2.75) is 25.3 Å². The van der Waals surface area contributed by atoms with Gasteiger partial charge in [-0.1, -0.05) is 30.4 Å². The number of nitrogens with one attached hydrogen (secondary N) is 1. The lowest BCUT2D eigenvalue weighted by atomic mass is 9.76. The molecule has 122 valence electrons. The summed E-state index contributed by atoms with van der Waals surface area (Å²) in [5.74, 6) is -0.546. The van der Waals surface area contributed by atoms with E-state index in [9.17, 15) is 14.3 Å². The van der Waals surface area contributed by atoms with Crippen LogP contribution in [0.4, 0.5) is 10.1 Å². The van der Waals surface area contributed by atoms with Crippen molar-refractivity contribution >= 4 is 11.7 Å². The minimum Gasteiger partial charge on any atom is -0.478 e. The van der Waals surface area contributed by atoms with Crippen LogP contribution >= 0.6 is 0 Å². The van der Waals surface area contributed by atoms with Crippen molar-refractivity contribution in [1.82, 2.24) is 0 Å². The molecule has 2 N–H and O–H groups in total. The molecule has 4 heteroatoms. The Labute approximate surface area is 139 Å². The first-order chi connectivity index (χ1) is 11.6. The predicted molar refractivity (Wildman–Crippen MR) is 90.9 cm³/mol. The van der Waals surface area contributed by atoms with Gasteiger partial charge in [-0.05, 0) is 54.2 Å². The Morgan fingerprint density at radius 3 is 2.67 bits per heavy atom. The highest BCUT2D eigenvalue weighted by molar-refractivity contribution is 5.92. The van der Waals surface area contributed by atoms with Crippen molar-refractivity contribution in [2.75, 3.05) is 5.32 Å². The molecule has 0 fully saturated rings. The minimum absolute atomic E-state index is 0.0424. The first-order valence-electron chi connectivity index (χ1n) is 8.11. The molecular weight excluding hydrogens is 305 g/mol. The summed E-state index contributed by atoms with van der Waals surface area (Å²) in [6.07, 6.45) is 5.35. The van der Waals surface area contributed by atoms with E-state index in [1.54, 1.807) is 6.07 Å². The van der Waals surface area contributed by atoms with Crippen molar-refractivity contribution in [2.24, 2.45) is 5.92 Å². The Balaban J connectivity index is 1.83. The topological polar surface area (TPSA) is 49.3 Å². The zero-order valence-electron chi connectivity index (χ0n) is 13.3. The Morgan fingerprint density at radius 1 is 1.21 bits per heavy atom. The third-order valence-corrected chi connectivity index (χ3v) is 5.26. The molecule has 4 rings (SSSR count). The molecule has 3 nitrogen and oxygen atoms in total. The lowest BCUT2D eigenvalue weighted by Crippen LogP contribution is -2.30. The molecule has 2 aromatic carbocycles. The number of benzene rings is 2. The lowest BCUT2D eigenvalue weighted by molar-refractivity contribution is 0.0696. The number of allylic oxidation sites excluding steroid dienone is 2. The van der Waals surface area contributed by atoms with Crippen LogP contribution in [0.3, 0.4) is 0 Å². The molecule has 3 atom stereocenters. The molecule has 0 spiro atoms. The fourth-order valence-electron chi connectivity index (χ4n) is 4.05. The van der Waals surface area contributed by atoms with Crippen LogP contribution in [0.5, 0.6) is 0 Å². The quantitative estimate of drug-likeness (QED) is 0.790. The van der Waals surface area contributed by atoms with E-state index in [-0.39, 0.29) is 17.8 Å². The molecule has 2 aliphatic rings. The van der Waals surface area contributed by atoms with Gasteiger partial charge < -0.3 is 10.4 Å². The number of aromatic carboxylic acids is 1. The average molecular weight is 323 g/mol. The van der Waals surface area contributed by atoms with E-state index in [0.29, 0.717) is 11.5 Å². The molecule has 0 saturated heterocycles. The fraction of sp³-hybridized carbons (Fsp3) is 0.250. The van der Waals surface area contributed by atoms with E-state index in [0.717, 1.165) is 28.8 Å². The van der Waals surface area contributed by atoms with Crippen LogP contribution in [-0.4, -0.2) is 11.1 Å². The molecule has 1 heterocycles. The number of halogens is 1. The van der Waals surface area contributed by atoms with E-state index >= 15 is 0 Å². The summed E-state index contributed by atoms with van der Waals surface area (Å²) < 4.78 is 13.3. The maximum Gasteiger partial charge on any atom is 0.336 e. The third-order valence-electron chi connectivity index (χ3n) is 5.26. The van der Waals surface area contributed by atoms with E-state index in [2.05, 4.69) is 17.5 Å². The van der Waals surface area contributed by atoms with Crippen LogP contribution < -0.4 is 5.32 Å². The number of carbonyl (C=O) groups is 1. The van der Waals surface area contributed by atoms with Gasteiger partial charge in [0.1, 0.15) is 5.82 Å². The molecule has 0 amide bonds. The first-order valence-corrected chi connectivity index (χ1v) is 8.11. The van der Waals surface area contributed by atoms with Gasteiger partial charge in [0.05, 0.1) is 11.6 Å². The summed E-state index contributed by atoms with van der Waals surface area (Å²) in [5.41, 5.74) is 4.15. The number of hydrogen-bond acceptors (Lipinski definition) is 2. The van der Waals surface area contributed by atoms with Crippen LogP contribution in [-0.2, 0) is 0 Å². The van der Waals surface area contributed by atoms with E-state index in [1.807, 2.05) is 25.1 Å². The van der Waals surface area contributed by atoms with Gasteiger partial charge in [0.25, 0.3) is 0 Å². The lowest BCUT2D eigenvalue weighted by Gasteiger charge is -2.38. The second-order valence-electron chi connectivity index (χ2n) is 6.53. The second-order valence-corrected chi connectivity index (χ2v) is 6.53. The predicted octanol–water partition coefficient (Wildman–Crippen LogP) is 4.66. The van der Waals surface area contributed by atoms with E-state index < -0.39 is 5.97 Å². The van der Waals surface area contributed by atoms with Crippen molar-refractivity contribution in [3.05, 3.63) is 76.6 Å². The summed E-state index contributed by atoms with van der Waals surface area (Å²) >= 11 is 0. The number of fused-ring (bicyclic) bond motifs is 3. The van der Waals surface area contributed by atoms with Crippen LogP contribution in [0.15, 0.2) is 48.6 Å². The number of carboxylic acid groups (broad SMARTS) is 1. The molecule has 0 unspecified atom stereocenters. The molecule has 0 radical (unpaired) electrons. The highest BCUT2D eigenvalue weighted by Crippen LogP contribution is 2.50. The first kappa shape index (κ1) is 14.9. The molecule has 2 aromatic rings. The molecule has 1 aliphatic heterocycles. The Bertz CT molecular complexity index is 841. The van der Waals surface area contributed by atoms with Crippen LogP contribution in [0.1, 0.15) is 45.4 Å². The number of carboxylic acids is 1. The number of rotatable bonds is 2. The Kier molecular flexibility index (Phi) is 3.41. The fourth-order valence-corrected chi connectivity index (χ4v) is 4.05. The van der Waals surface area contributed by atoms with Crippen LogP contribution in [0, 0.1) is 18.7 Å². The summed E-state index contributed by atoms with van der Waals surface area (Å²) in [6, 6.07) is 10.2. The maximum absolute atomic E-state index is 13.3. The van der Waals surface area contributed by atoms with Gasteiger partial charge in [0, 0.05) is 11.6 Å². The van der Waals surface area contributed by atoms with Crippen molar-refractivity contribution in [1.29, 1.82) is 0 Å². The van der Waals surface area contributed by atoms with Crippen molar-refractivity contribution in [3.63, 3.8) is 0 Å². The van der Waals surface area contributed by atoms with E-state index in [1.165, 1.54) is 12.1 Å². The van der Waals surface area contributed by atoms with Gasteiger partial charge in [0.15, 0.2) is 0 Å². The standard InChI is InChI=1S/C20H18FNO2/c1-11-14(20(23)24)9-10-17-15-3-2-4-16(15)19(22-18(11)17)12-5-7-13(21)8-6-12/h2-3,5-10,15-16,19,22H,4H2,1H3,(H,23,24)/t15-,16-,19-/m0/s1. The molecule has 1 aliphatic carbocycles. The molecule has 0 bridgehead atoms. The van der Waals surface area contributed by atoms with Gasteiger partial charge in [-0.25, -0.2) is 9.18 Å². The molecule has 0 saturated carbocycles. The average Bonchev–Trinajstić information content (AvgIpc) is 3.05. The SMILES string of the molecule is Cc1c(C(=O)O)ccc2c1N[C@@H](c1ccc(F)cc1)[C@H]1CC=C[C@H]21. The van der Waals surface area contributed by atoms with Crippen LogP contribution in [0.25, 0.3) is 0 Å². The summed E-state index contributed by atoms with van der Waals surface area (Å²) in [4.78, 5) is 11.4. The van der Waals surface area contributed by atoms with Crippen LogP contribution in [0.2, 0.25) is 0 Å². The van der Waals surface area contributed by atoms with Gasteiger partial charge in [-0.3, -0.25) is 0 Å². The van der Waals surface area contributed by atoms with Gasteiger partial charge >= 0.3 is 5.97 Å². The number of hydrogen-bond donors (Lipinski definition) is 2. The Morgan fingerprint density at radius 2 is 1.96 bits per heavy atom. The van der Waals surface area contributed by atoms with Gasteiger partial charge in [-0.2, -0.15) is 0 Å². The maximum atomic E-state index is 13.3. The van der Waals surface area contributed by atoms with Gasteiger partial charge in [0.2, 0.25) is 0 Å².